The minimum absolute atomic E-state index is 0.0106. The highest BCUT2D eigenvalue weighted by molar-refractivity contribution is 6.74. The first-order valence-corrected chi connectivity index (χ1v) is 10.5. The molecule has 0 saturated carbocycles. The second kappa shape index (κ2) is 7.19. The number of aromatic nitrogens is 1. The van der Waals surface area contributed by atoms with Crippen molar-refractivity contribution in [2.45, 2.75) is 45.8 Å². The second-order valence-electron chi connectivity index (χ2n) is 7.11. The topological polar surface area (TPSA) is 65.3 Å². The zero-order valence-electron chi connectivity index (χ0n) is 14.8. The molecule has 1 aromatic heterocycles. The number of allylic oxidation sites excluding steroid dienone is 1. The van der Waals surface area contributed by atoms with Gasteiger partial charge in [-0.2, -0.15) is 0 Å². The summed E-state index contributed by atoms with van der Waals surface area (Å²) in [5, 5.41) is 11.5. The Bertz CT molecular complexity index is 631. The summed E-state index contributed by atoms with van der Waals surface area (Å²) in [5.74, 6) is 0. The van der Waals surface area contributed by atoms with E-state index >= 15 is 0 Å². The van der Waals surface area contributed by atoms with Crippen molar-refractivity contribution in [2.75, 3.05) is 6.61 Å². The van der Waals surface area contributed by atoms with Gasteiger partial charge in [0.05, 0.1) is 17.1 Å². The van der Waals surface area contributed by atoms with Crippen LogP contribution in [0, 0.1) is 10.1 Å². The maximum atomic E-state index is 11.3. The molecule has 0 N–H and O–H groups in total. The van der Waals surface area contributed by atoms with E-state index in [0.717, 1.165) is 0 Å². The monoisotopic (exact) mass is 334 g/mol. The molecular weight excluding hydrogens is 308 g/mol. The molecule has 1 aromatic rings. The van der Waals surface area contributed by atoms with E-state index in [1.807, 2.05) is 6.08 Å². The van der Waals surface area contributed by atoms with Gasteiger partial charge in [0, 0.05) is 6.20 Å². The molecule has 6 heteroatoms. The summed E-state index contributed by atoms with van der Waals surface area (Å²) in [6, 6.07) is 1.63. The number of hydrogen-bond donors (Lipinski definition) is 0. The lowest BCUT2D eigenvalue weighted by Gasteiger charge is -2.35. The fourth-order valence-electron chi connectivity index (χ4n) is 1.76. The molecule has 0 amide bonds. The van der Waals surface area contributed by atoms with Gasteiger partial charge in [-0.05, 0) is 42.8 Å². The summed E-state index contributed by atoms with van der Waals surface area (Å²) in [7, 11) is -1.82. The molecule has 1 heterocycles. The van der Waals surface area contributed by atoms with Gasteiger partial charge in [-0.25, -0.2) is 4.98 Å². The van der Waals surface area contributed by atoms with Crippen molar-refractivity contribution in [1.82, 2.24) is 4.98 Å². The van der Waals surface area contributed by atoms with E-state index in [4.69, 9.17) is 4.43 Å². The van der Waals surface area contributed by atoms with Crippen LogP contribution < -0.4 is 0 Å². The van der Waals surface area contributed by atoms with Gasteiger partial charge in [0.2, 0.25) is 0 Å². The molecule has 0 aliphatic rings. The van der Waals surface area contributed by atoms with Crippen molar-refractivity contribution in [3.8, 4) is 0 Å². The largest absolute Gasteiger partial charge is 0.413 e. The van der Waals surface area contributed by atoms with Crippen LogP contribution in [0.25, 0.3) is 11.6 Å². The Kier molecular flexibility index (Phi) is 6.02. The molecular formula is C17H26N2O3Si. The van der Waals surface area contributed by atoms with Crippen molar-refractivity contribution in [3.05, 3.63) is 46.3 Å². The van der Waals surface area contributed by atoms with Gasteiger partial charge in [-0.15, -0.1) is 0 Å². The molecule has 1 rings (SSSR count). The van der Waals surface area contributed by atoms with Crippen LogP contribution in [0.3, 0.4) is 0 Å². The second-order valence-corrected chi connectivity index (χ2v) is 11.9. The van der Waals surface area contributed by atoms with Gasteiger partial charge in [0.15, 0.2) is 8.32 Å². The van der Waals surface area contributed by atoms with Crippen LogP contribution in [-0.4, -0.2) is 24.8 Å². The third kappa shape index (κ3) is 4.84. The fraction of sp³-hybridized carbons (Fsp3) is 0.471. The summed E-state index contributed by atoms with van der Waals surface area (Å²) in [6.07, 6.45) is 5.11. The summed E-state index contributed by atoms with van der Waals surface area (Å²) < 4.78 is 6.04. The molecule has 0 atom stereocenters. The van der Waals surface area contributed by atoms with Gasteiger partial charge >= 0.3 is 5.69 Å². The molecule has 0 saturated heterocycles. The first-order chi connectivity index (χ1) is 10.5. The molecule has 126 valence electrons. The molecule has 0 aromatic carbocycles. The van der Waals surface area contributed by atoms with Crippen LogP contribution >= 0.6 is 0 Å². The summed E-state index contributed by atoms with van der Waals surface area (Å²) >= 11 is 0. The van der Waals surface area contributed by atoms with Crippen molar-refractivity contribution in [2.24, 2.45) is 0 Å². The smallest absolute Gasteiger partial charge is 0.302 e. The Hall–Kier alpha value is -1.79. The van der Waals surface area contributed by atoms with Crippen molar-refractivity contribution < 1.29 is 9.35 Å². The Morgan fingerprint density at radius 2 is 2.09 bits per heavy atom. The zero-order valence-corrected chi connectivity index (χ0v) is 15.8. The standard InChI is InChI=1S/C17H26N2O3Si/c1-13(2)15-16(19(20)21)14(10-11-18-15)9-8-12-22-23(6,7)17(3,4)5/h8-11H,1,12H2,2-7H3/b9-8+. The number of hydrogen-bond acceptors (Lipinski definition) is 4. The van der Waals surface area contributed by atoms with E-state index in [1.54, 1.807) is 25.3 Å². The van der Waals surface area contributed by atoms with Crippen LogP contribution in [-0.2, 0) is 4.43 Å². The Balaban J connectivity index is 2.96. The number of pyridine rings is 1. The van der Waals surface area contributed by atoms with E-state index in [2.05, 4.69) is 45.4 Å². The van der Waals surface area contributed by atoms with E-state index in [-0.39, 0.29) is 10.7 Å². The fourth-order valence-corrected chi connectivity index (χ4v) is 2.70. The van der Waals surface area contributed by atoms with E-state index in [0.29, 0.717) is 23.4 Å². The van der Waals surface area contributed by atoms with E-state index in [1.165, 1.54) is 0 Å². The number of nitrogens with zero attached hydrogens (tertiary/aromatic N) is 2. The Morgan fingerprint density at radius 3 is 2.57 bits per heavy atom. The molecule has 0 fully saturated rings. The molecule has 0 radical (unpaired) electrons. The average molecular weight is 334 g/mol. The van der Waals surface area contributed by atoms with E-state index in [9.17, 15) is 10.1 Å². The van der Waals surface area contributed by atoms with E-state index < -0.39 is 13.2 Å². The molecule has 5 nitrogen and oxygen atoms in total. The minimum atomic E-state index is -1.82. The highest BCUT2D eigenvalue weighted by Crippen LogP contribution is 2.36. The van der Waals surface area contributed by atoms with Gasteiger partial charge in [0.1, 0.15) is 5.69 Å². The van der Waals surface area contributed by atoms with Gasteiger partial charge in [-0.1, -0.05) is 33.4 Å². The highest BCUT2D eigenvalue weighted by atomic mass is 28.4. The molecule has 0 unspecified atom stereocenters. The molecule has 0 bridgehead atoms. The summed E-state index contributed by atoms with van der Waals surface area (Å²) in [4.78, 5) is 15.0. The predicted molar refractivity (Wildman–Crippen MR) is 97.8 cm³/mol. The molecule has 23 heavy (non-hydrogen) atoms. The van der Waals surface area contributed by atoms with Gasteiger partial charge in [0.25, 0.3) is 0 Å². The SMILES string of the molecule is C=C(C)c1nccc(/C=C/CO[Si](C)(C)C(C)(C)C)c1[N+](=O)[O-]. The van der Waals surface area contributed by atoms with Crippen LogP contribution in [0.1, 0.15) is 39.0 Å². The summed E-state index contributed by atoms with van der Waals surface area (Å²) in [6.45, 7) is 16.8. The number of rotatable bonds is 6. The zero-order chi connectivity index (χ0) is 17.8. The lowest BCUT2D eigenvalue weighted by Crippen LogP contribution is -2.40. The van der Waals surface area contributed by atoms with Gasteiger partial charge < -0.3 is 4.43 Å². The molecule has 0 aliphatic carbocycles. The van der Waals surface area contributed by atoms with Crippen LogP contribution in [0.2, 0.25) is 18.1 Å². The lowest BCUT2D eigenvalue weighted by atomic mass is 10.1. The molecule has 0 spiro atoms. The maximum absolute atomic E-state index is 11.3. The Labute approximate surface area is 139 Å². The highest BCUT2D eigenvalue weighted by Gasteiger charge is 2.36. The minimum Gasteiger partial charge on any atom is -0.413 e. The molecule has 0 aliphatic heterocycles. The predicted octanol–water partition coefficient (Wildman–Crippen LogP) is 5.06. The lowest BCUT2D eigenvalue weighted by molar-refractivity contribution is -0.385. The normalized spacial score (nSPS) is 12.6. The first kappa shape index (κ1) is 19.3. The third-order valence-corrected chi connectivity index (χ3v) is 8.69. The quantitative estimate of drug-likeness (QED) is 0.414. The van der Waals surface area contributed by atoms with Crippen LogP contribution in [0.15, 0.2) is 24.9 Å². The maximum Gasteiger partial charge on any atom is 0.302 e. The first-order valence-electron chi connectivity index (χ1n) is 7.57. The van der Waals surface area contributed by atoms with Crippen molar-refractivity contribution in [3.63, 3.8) is 0 Å². The van der Waals surface area contributed by atoms with Crippen LogP contribution in [0.4, 0.5) is 5.69 Å². The van der Waals surface area contributed by atoms with Crippen molar-refractivity contribution >= 4 is 25.7 Å². The number of nitro groups is 1. The average Bonchev–Trinajstić information content (AvgIpc) is 2.41. The van der Waals surface area contributed by atoms with Crippen LogP contribution in [0.5, 0.6) is 0 Å². The Morgan fingerprint density at radius 1 is 1.48 bits per heavy atom. The van der Waals surface area contributed by atoms with Gasteiger partial charge in [-0.3, -0.25) is 10.1 Å². The summed E-state index contributed by atoms with van der Waals surface area (Å²) in [5.41, 5.74) is 1.40. The third-order valence-electron chi connectivity index (χ3n) is 4.19. The van der Waals surface area contributed by atoms with Crippen molar-refractivity contribution in [1.29, 1.82) is 0 Å².